The van der Waals surface area contributed by atoms with Crippen molar-refractivity contribution in [1.29, 1.82) is 0 Å². The van der Waals surface area contributed by atoms with Gasteiger partial charge in [-0.3, -0.25) is 8.99 Å². The fourth-order valence-corrected chi connectivity index (χ4v) is 4.70. The molecule has 7 heteroatoms. The minimum Gasteiger partial charge on any atom is -0.272 e. The Labute approximate surface area is 135 Å². The number of halogens is 1. The topological polar surface area (TPSA) is 55.2 Å². The van der Waals surface area contributed by atoms with Crippen molar-refractivity contribution in [3.63, 3.8) is 0 Å². The molecule has 2 aromatic rings. The first-order valence-corrected chi connectivity index (χ1v) is 9.30. The summed E-state index contributed by atoms with van der Waals surface area (Å²) in [5.41, 5.74) is 0.102. The number of rotatable bonds is 5. The number of aromatic nitrogens is 2. The van der Waals surface area contributed by atoms with Crippen molar-refractivity contribution < 1.29 is 12.8 Å². The highest BCUT2D eigenvalue weighted by Crippen LogP contribution is 2.34. The number of para-hydroxylation sites is 1. The van der Waals surface area contributed by atoms with Crippen molar-refractivity contribution in [3.8, 4) is 0 Å². The molecular weight excluding hydrogens is 317 g/mol. The lowest BCUT2D eigenvalue weighted by atomic mass is 10.2. The molecule has 0 aliphatic heterocycles. The van der Waals surface area contributed by atoms with Gasteiger partial charge in [-0.25, -0.2) is 4.39 Å². The Kier molecular flexibility index (Phi) is 4.39. The van der Waals surface area contributed by atoms with Crippen LogP contribution in [0.3, 0.4) is 0 Å². The molecule has 3 rings (SSSR count). The van der Waals surface area contributed by atoms with Crippen LogP contribution in [0.4, 0.5) is 10.1 Å². The van der Waals surface area contributed by atoms with E-state index in [1.165, 1.54) is 22.5 Å². The zero-order valence-electron chi connectivity index (χ0n) is 13.0. The van der Waals surface area contributed by atoms with Crippen LogP contribution < -0.4 is 4.31 Å². The Bertz CT molecular complexity index is 782. The minimum atomic E-state index is -3.89. The lowest BCUT2D eigenvalue weighted by Gasteiger charge is -2.29. The molecular formula is C16H20FN3O2S. The second kappa shape index (κ2) is 6.31. The van der Waals surface area contributed by atoms with E-state index in [4.69, 9.17) is 0 Å². The van der Waals surface area contributed by atoms with Gasteiger partial charge in [0.1, 0.15) is 5.82 Å². The first-order chi connectivity index (χ1) is 11.0. The Balaban J connectivity index is 2.09. The molecule has 23 heavy (non-hydrogen) atoms. The van der Waals surface area contributed by atoms with Gasteiger partial charge >= 0.3 is 0 Å². The molecule has 5 nitrogen and oxygen atoms in total. The third-order valence-corrected chi connectivity index (χ3v) is 5.97. The van der Waals surface area contributed by atoms with Gasteiger partial charge in [-0.15, -0.1) is 0 Å². The summed E-state index contributed by atoms with van der Waals surface area (Å²) in [6, 6.07) is 7.27. The Morgan fingerprint density at radius 1 is 1.26 bits per heavy atom. The summed E-state index contributed by atoms with van der Waals surface area (Å²) in [5, 5.41) is 4.08. The fraction of sp³-hybridized carbons (Fsp3) is 0.438. The normalized spacial score (nSPS) is 15.9. The van der Waals surface area contributed by atoms with E-state index in [1.54, 1.807) is 23.0 Å². The van der Waals surface area contributed by atoms with E-state index >= 15 is 0 Å². The van der Waals surface area contributed by atoms with Crippen molar-refractivity contribution >= 4 is 15.7 Å². The van der Waals surface area contributed by atoms with Crippen LogP contribution in [0.1, 0.15) is 32.6 Å². The summed E-state index contributed by atoms with van der Waals surface area (Å²) in [6.45, 7) is 2.47. The fourth-order valence-electron chi connectivity index (χ4n) is 3.05. The number of hydrogen-bond donors (Lipinski definition) is 0. The van der Waals surface area contributed by atoms with Gasteiger partial charge in [0.15, 0.2) is 5.03 Å². The maximum Gasteiger partial charge on any atom is 0.284 e. The second-order valence-corrected chi connectivity index (χ2v) is 7.46. The van der Waals surface area contributed by atoms with Crippen LogP contribution in [0.5, 0.6) is 0 Å². The number of nitrogens with zero attached hydrogens (tertiary/aromatic N) is 3. The molecule has 0 bridgehead atoms. The van der Waals surface area contributed by atoms with E-state index in [1.807, 2.05) is 6.92 Å². The van der Waals surface area contributed by atoms with Gasteiger partial charge in [-0.2, -0.15) is 13.5 Å². The summed E-state index contributed by atoms with van der Waals surface area (Å²) in [4.78, 5) is 0. The maximum atomic E-state index is 14.3. The Morgan fingerprint density at radius 3 is 2.57 bits per heavy atom. The summed E-state index contributed by atoms with van der Waals surface area (Å²) < 4.78 is 43.2. The molecule has 1 aromatic carbocycles. The van der Waals surface area contributed by atoms with Crippen LogP contribution in [0.15, 0.2) is 41.6 Å². The molecule has 0 spiro atoms. The highest BCUT2D eigenvalue weighted by atomic mass is 32.2. The zero-order chi connectivity index (χ0) is 16.4. The van der Waals surface area contributed by atoms with Crippen molar-refractivity contribution in [3.05, 3.63) is 42.3 Å². The largest absolute Gasteiger partial charge is 0.284 e. The monoisotopic (exact) mass is 337 g/mol. The lowest BCUT2D eigenvalue weighted by Crippen LogP contribution is -2.39. The van der Waals surface area contributed by atoms with E-state index in [0.717, 1.165) is 25.7 Å². The average molecular weight is 337 g/mol. The Morgan fingerprint density at radius 2 is 1.96 bits per heavy atom. The van der Waals surface area contributed by atoms with Crippen LogP contribution in [0.2, 0.25) is 0 Å². The molecule has 0 atom stereocenters. The highest BCUT2D eigenvalue weighted by molar-refractivity contribution is 7.92. The average Bonchev–Trinajstić information content (AvgIpc) is 3.20. The van der Waals surface area contributed by atoms with Gasteiger partial charge in [-0.1, -0.05) is 25.0 Å². The molecule has 1 aromatic heterocycles. The van der Waals surface area contributed by atoms with Crippen molar-refractivity contribution in [1.82, 2.24) is 9.78 Å². The molecule has 1 saturated carbocycles. The SMILES string of the molecule is CCn1ccc(S(=O)(=O)N(c2ccccc2F)C2CCCC2)n1. The van der Waals surface area contributed by atoms with Gasteiger partial charge < -0.3 is 0 Å². The molecule has 0 unspecified atom stereocenters. The number of anilines is 1. The number of sulfonamides is 1. The van der Waals surface area contributed by atoms with E-state index in [9.17, 15) is 12.8 Å². The number of hydrogen-bond acceptors (Lipinski definition) is 3. The molecule has 1 aliphatic carbocycles. The van der Waals surface area contributed by atoms with Crippen LogP contribution in [0.25, 0.3) is 0 Å². The van der Waals surface area contributed by atoms with Crippen molar-refractivity contribution in [2.75, 3.05) is 4.31 Å². The predicted molar refractivity (Wildman–Crippen MR) is 86.2 cm³/mol. The molecule has 0 saturated heterocycles. The third kappa shape index (κ3) is 2.97. The summed E-state index contributed by atoms with van der Waals surface area (Å²) >= 11 is 0. The highest BCUT2D eigenvalue weighted by Gasteiger charge is 2.36. The summed E-state index contributed by atoms with van der Waals surface area (Å²) in [7, 11) is -3.89. The molecule has 1 heterocycles. The van der Waals surface area contributed by atoms with E-state index in [-0.39, 0.29) is 16.8 Å². The quantitative estimate of drug-likeness (QED) is 0.842. The maximum absolute atomic E-state index is 14.3. The minimum absolute atomic E-state index is 0.0329. The number of benzene rings is 1. The predicted octanol–water partition coefficient (Wildman–Crippen LogP) is 3.18. The molecule has 1 fully saturated rings. The first-order valence-electron chi connectivity index (χ1n) is 7.86. The van der Waals surface area contributed by atoms with Gasteiger partial charge in [0, 0.05) is 18.8 Å². The molecule has 0 radical (unpaired) electrons. The van der Waals surface area contributed by atoms with E-state index < -0.39 is 15.8 Å². The van der Waals surface area contributed by atoms with Crippen LogP contribution in [-0.4, -0.2) is 24.2 Å². The van der Waals surface area contributed by atoms with Crippen molar-refractivity contribution in [2.24, 2.45) is 0 Å². The van der Waals surface area contributed by atoms with Crippen molar-refractivity contribution in [2.45, 2.75) is 50.2 Å². The van der Waals surface area contributed by atoms with Crippen LogP contribution >= 0.6 is 0 Å². The van der Waals surface area contributed by atoms with Crippen LogP contribution in [0, 0.1) is 5.82 Å². The molecule has 0 amide bonds. The second-order valence-electron chi connectivity index (χ2n) is 5.70. The smallest absolute Gasteiger partial charge is 0.272 e. The van der Waals surface area contributed by atoms with Gasteiger partial charge in [0.2, 0.25) is 0 Å². The molecule has 1 aliphatic rings. The standard InChI is InChI=1S/C16H20FN3O2S/c1-2-19-12-11-16(18-19)23(21,22)20(13-7-3-4-8-13)15-10-6-5-9-14(15)17/h5-6,9-13H,2-4,7-8H2,1H3. The zero-order valence-corrected chi connectivity index (χ0v) is 13.8. The Hall–Kier alpha value is -1.89. The molecule has 124 valence electrons. The summed E-state index contributed by atoms with van der Waals surface area (Å²) in [5.74, 6) is -0.530. The molecule has 0 N–H and O–H groups in total. The van der Waals surface area contributed by atoms with Gasteiger partial charge in [0.25, 0.3) is 10.0 Å². The van der Waals surface area contributed by atoms with Crippen LogP contribution in [-0.2, 0) is 16.6 Å². The number of aryl methyl sites for hydroxylation is 1. The van der Waals surface area contributed by atoms with Gasteiger partial charge in [-0.05, 0) is 38.0 Å². The summed E-state index contributed by atoms with van der Waals surface area (Å²) in [6.07, 6.45) is 5.01. The first kappa shape index (κ1) is 16.0. The van der Waals surface area contributed by atoms with Gasteiger partial charge in [0.05, 0.1) is 5.69 Å². The van der Waals surface area contributed by atoms with E-state index in [2.05, 4.69) is 5.10 Å². The lowest BCUT2D eigenvalue weighted by molar-refractivity contribution is 0.556. The third-order valence-electron chi connectivity index (χ3n) is 4.21. The van der Waals surface area contributed by atoms with E-state index in [0.29, 0.717) is 6.54 Å².